The van der Waals surface area contributed by atoms with Crippen LogP contribution in [0.15, 0.2) is 67.1 Å². The van der Waals surface area contributed by atoms with Crippen molar-refractivity contribution >= 4 is 40.3 Å². The van der Waals surface area contributed by atoms with Gasteiger partial charge >= 0.3 is 0 Å². The number of nitrogens with one attached hydrogen (secondary N) is 1. The lowest BCUT2D eigenvalue weighted by Crippen LogP contribution is -2.44. The van der Waals surface area contributed by atoms with Crippen LogP contribution in [0.25, 0.3) is 27.9 Å². The van der Waals surface area contributed by atoms with Gasteiger partial charge in [-0.2, -0.15) is 5.26 Å². The molecule has 1 aliphatic heterocycles. The maximum atomic E-state index is 10.3. The van der Waals surface area contributed by atoms with Crippen molar-refractivity contribution in [1.29, 1.82) is 5.26 Å². The molecule has 5 aromatic rings. The van der Waals surface area contributed by atoms with E-state index in [2.05, 4.69) is 38.3 Å². The molecule has 4 heterocycles. The van der Waals surface area contributed by atoms with Gasteiger partial charge in [0.05, 0.1) is 34.6 Å². The van der Waals surface area contributed by atoms with Crippen LogP contribution in [0.2, 0.25) is 0 Å². The molecular formula is C27H26ClN9. The fourth-order valence-corrected chi connectivity index (χ4v) is 4.64. The first kappa shape index (κ1) is 24.4. The lowest BCUT2D eigenvalue weighted by Gasteiger charge is -2.34. The molecule has 9 nitrogen and oxygen atoms in total. The summed E-state index contributed by atoms with van der Waals surface area (Å²) in [6.45, 7) is 4.19. The Morgan fingerprint density at radius 1 is 1.00 bits per heavy atom. The molecule has 0 amide bonds. The molecule has 37 heavy (non-hydrogen) atoms. The van der Waals surface area contributed by atoms with Crippen LogP contribution < -0.4 is 10.2 Å². The number of pyridine rings is 1. The van der Waals surface area contributed by atoms with Crippen LogP contribution in [0, 0.1) is 11.3 Å². The number of likely N-dealkylation sites (N-methyl/N-ethyl adjacent to an activating group) is 1. The van der Waals surface area contributed by atoms with E-state index < -0.39 is 0 Å². The third kappa shape index (κ3) is 4.65. The van der Waals surface area contributed by atoms with Crippen LogP contribution in [0.4, 0.5) is 11.4 Å². The molecule has 3 aromatic heterocycles. The van der Waals surface area contributed by atoms with Crippen molar-refractivity contribution in [2.45, 2.75) is 6.54 Å². The van der Waals surface area contributed by atoms with E-state index in [4.69, 9.17) is 9.97 Å². The molecule has 1 saturated heterocycles. The summed E-state index contributed by atoms with van der Waals surface area (Å²) in [5.74, 6) is 0.599. The number of hydrogen-bond acceptors (Lipinski definition) is 8. The number of halogens is 1. The molecule has 0 unspecified atom stereocenters. The van der Waals surface area contributed by atoms with Crippen molar-refractivity contribution < 1.29 is 0 Å². The summed E-state index contributed by atoms with van der Waals surface area (Å²) >= 11 is 0. The summed E-state index contributed by atoms with van der Waals surface area (Å²) in [6.07, 6.45) is 3.46. The second-order valence-corrected chi connectivity index (χ2v) is 8.93. The smallest absolute Gasteiger partial charge is 0.182 e. The Labute approximate surface area is 220 Å². The molecule has 0 atom stereocenters. The van der Waals surface area contributed by atoms with E-state index in [1.807, 2.05) is 54.6 Å². The minimum atomic E-state index is 0. The normalized spacial score (nSPS) is 13.9. The standard InChI is InChI=1S/C27H25N9.ClH/c1-34-11-13-35(14-12-34)23-15-22(30-17-20-9-5-6-10-29-20)21(16-28)24-25(23)31-18-36-27(24)32-26(33-36)19-7-3-2-4-8-19;/h2-10,15,18,30H,11-14,17H2,1H3;1H. The molecule has 1 fully saturated rings. The third-order valence-electron chi connectivity index (χ3n) is 6.60. The average Bonchev–Trinajstić information content (AvgIpc) is 3.38. The quantitative estimate of drug-likeness (QED) is 0.378. The van der Waals surface area contributed by atoms with Crippen molar-refractivity contribution in [3.05, 3.63) is 78.4 Å². The maximum Gasteiger partial charge on any atom is 0.182 e. The van der Waals surface area contributed by atoms with Crippen LogP contribution in [-0.2, 0) is 6.54 Å². The number of fused-ring (bicyclic) bond motifs is 3. The van der Waals surface area contributed by atoms with Gasteiger partial charge in [0.2, 0.25) is 0 Å². The Morgan fingerprint density at radius 2 is 1.78 bits per heavy atom. The number of hydrogen-bond donors (Lipinski definition) is 1. The molecule has 0 bridgehead atoms. The van der Waals surface area contributed by atoms with Gasteiger partial charge in [-0.15, -0.1) is 17.5 Å². The van der Waals surface area contributed by atoms with Gasteiger partial charge < -0.3 is 15.1 Å². The highest BCUT2D eigenvalue weighted by Crippen LogP contribution is 2.36. The fourth-order valence-electron chi connectivity index (χ4n) is 4.64. The molecular weight excluding hydrogens is 486 g/mol. The predicted molar refractivity (Wildman–Crippen MR) is 147 cm³/mol. The Morgan fingerprint density at radius 3 is 2.51 bits per heavy atom. The van der Waals surface area contributed by atoms with Gasteiger partial charge in [-0.05, 0) is 25.2 Å². The lowest BCUT2D eigenvalue weighted by atomic mass is 10.0. The number of rotatable bonds is 5. The second-order valence-electron chi connectivity index (χ2n) is 8.93. The van der Waals surface area contributed by atoms with Gasteiger partial charge in [0, 0.05) is 37.9 Å². The zero-order valence-corrected chi connectivity index (χ0v) is 21.2. The van der Waals surface area contributed by atoms with E-state index in [0.29, 0.717) is 29.0 Å². The van der Waals surface area contributed by atoms with Crippen LogP contribution in [0.5, 0.6) is 0 Å². The van der Waals surface area contributed by atoms with Crippen molar-refractivity contribution in [3.63, 3.8) is 0 Å². The number of nitriles is 1. The van der Waals surface area contributed by atoms with Crippen molar-refractivity contribution in [2.24, 2.45) is 0 Å². The van der Waals surface area contributed by atoms with E-state index in [-0.39, 0.29) is 12.4 Å². The van der Waals surface area contributed by atoms with E-state index >= 15 is 0 Å². The number of benzene rings is 2. The van der Waals surface area contributed by atoms with Gasteiger partial charge in [0.25, 0.3) is 0 Å². The highest BCUT2D eigenvalue weighted by molar-refractivity contribution is 6.06. The number of nitrogens with zero attached hydrogens (tertiary/aromatic N) is 8. The van der Waals surface area contributed by atoms with Crippen molar-refractivity contribution in [3.8, 4) is 17.5 Å². The molecule has 0 radical (unpaired) electrons. The molecule has 1 aliphatic rings. The Hall–Kier alpha value is -4.26. The van der Waals surface area contributed by atoms with Gasteiger partial charge in [-0.1, -0.05) is 36.4 Å². The number of aromatic nitrogens is 5. The topological polar surface area (TPSA) is 98.3 Å². The zero-order valence-electron chi connectivity index (χ0n) is 20.4. The zero-order chi connectivity index (χ0) is 24.5. The van der Waals surface area contributed by atoms with E-state index in [1.165, 1.54) is 0 Å². The molecule has 1 N–H and O–H groups in total. The minimum absolute atomic E-state index is 0. The predicted octanol–water partition coefficient (Wildman–Crippen LogP) is 4.00. The highest BCUT2D eigenvalue weighted by atomic mass is 35.5. The number of piperazine rings is 1. The number of anilines is 2. The Bertz CT molecular complexity index is 1570. The molecule has 0 spiro atoms. The van der Waals surface area contributed by atoms with E-state index in [9.17, 15) is 5.26 Å². The summed E-state index contributed by atoms with van der Waals surface area (Å²) in [7, 11) is 2.14. The van der Waals surface area contributed by atoms with E-state index in [1.54, 1.807) is 17.0 Å². The first-order valence-electron chi connectivity index (χ1n) is 12.0. The Balaban J connectivity index is 0.00000280. The largest absolute Gasteiger partial charge is 0.378 e. The lowest BCUT2D eigenvalue weighted by molar-refractivity contribution is 0.313. The fraction of sp³-hybridized carbons (Fsp3) is 0.222. The average molecular weight is 512 g/mol. The molecule has 10 heteroatoms. The van der Waals surface area contributed by atoms with Crippen molar-refractivity contribution in [2.75, 3.05) is 43.4 Å². The maximum absolute atomic E-state index is 10.3. The molecule has 2 aromatic carbocycles. The van der Waals surface area contributed by atoms with E-state index in [0.717, 1.165) is 54.3 Å². The molecule has 6 rings (SSSR count). The SMILES string of the molecule is CN1CCN(c2cc(NCc3ccccn3)c(C#N)c3c2ncn2nc(-c4ccccc4)nc32)CC1.Cl. The summed E-state index contributed by atoms with van der Waals surface area (Å²) in [6, 6.07) is 20.1. The second kappa shape index (κ2) is 10.4. The first-order valence-corrected chi connectivity index (χ1v) is 12.0. The summed E-state index contributed by atoms with van der Waals surface area (Å²) in [5.41, 5.74) is 5.43. The monoisotopic (exact) mass is 511 g/mol. The minimum Gasteiger partial charge on any atom is -0.378 e. The van der Waals surface area contributed by atoms with Crippen molar-refractivity contribution in [1.82, 2.24) is 29.5 Å². The molecule has 0 saturated carbocycles. The first-order chi connectivity index (χ1) is 17.7. The van der Waals surface area contributed by atoms with Crippen LogP contribution in [0.1, 0.15) is 11.3 Å². The van der Waals surface area contributed by atoms with Gasteiger partial charge in [-0.25, -0.2) is 14.5 Å². The van der Waals surface area contributed by atoms with Crippen LogP contribution >= 0.6 is 12.4 Å². The molecule has 186 valence electrons. The highest BCUT2D eigenvalue weighted by Gasteiger charge is 2.23. The van der Waals surface area contributed by atoms with Crippen LogP contribution in [-0.4, -0.2) is 62.7 Å². The van der Waals surface area contributed by atoms with Gasteiger partial charge in [0.15, 0.2) is 11.5 Å². The Kier molecular flexibility index (Phi) is 6.86. The summed E-state index contributed by atoms with van der Waals surface area (Å²) < 4.78 is 1.67. The van der Waals surface area contributed by atoms with Gasteiger partial charge in [-0.3, -0.25) is 4.98 Å². The molecule has 0 aliphatic carbocycles. The summed E-state index contributed by atoms with van der Waals surface area (Å²) in [4.78, 5) is 18.7. The van der Waals surface area contributed by atoms with Crippen LogP contribution in [0.3, 0.4) is 0 Å². The third-order valence-corrected chi connectivity index (χ3v) is 6.60. The summed E-state index contributed by atoms with van der Waals surface area (Å²) in [5, 5.41) is 19.1. The van der Waals surface area contributed by atoms with Gasteiger partial charge in [0.1, 0.15) is 17.9 Å².